The van der Waals surface area contributed by atoms with Crippen LogP contribution in [-0.4, -0.2) is 9.97 Å². The first-order valence-electron chi connectivity index (χ1n) is 6.38. The van der Waals surface area contributed by atoms with Gasteiger partial charge in [0.25, 0.3) is 0 Å². The number of nitrogens with one attached hydrogen (secondary N) is 1. The van der Waals surface area contributed by atoms with Gasteiger partial charge in [0, 0.05) is 11.3 Å². The molecular formula is C16H17N3. The predicted molar refractivity (Wildman–Crippen MR) is 80.2 cm³/mol. The molecule has 0 aliphatic carbocycles. The van der Waals surface area contributed by atoms with Gasteiger partial charge in [-0.05, 0) is 50.1 Å². The molecule has 0 saturated heterocycles. The van der Waals surface area contributed by atoms with Crippen LogP contribution in [0, 0.1) is 20.8 Å². The lowest BCUT2D eigenvalue weighted by molar-refractivity contribution is 1.32. The highest BCUT2D eigenvalue weighted by Crippen LogP contribution is 2.28. The molecule has 0 aliphatic heterocycles. The summed E-state index contributed by atoms with van der Waals surface area (Å²) in [5.74, 6) is 0.838. The first kappa shape index (κ1) is 11.8. The third-order valence-corrected chi connectivity index (χ3v) is 3.39. The van der Waals surface area contributed by atoms with Gasteiger partial charge in [-0.3, -0.25) is 0 Å². The van der Waals surface area contributed by atoms with Crippen LogP contribution in [0.2, 0.25) is 0 Å². The van der Waals surface area contributed by atoms with Gasteiger partial charge in [-0.25, -0.2) is 4.98 Å². The lowest BCUT2D eigenvalue weighted by Crippen LogP contribution is -1.91. The molecule has 0 spiro atoms. The average molecular weight is 251 g/mol. The molecule has 0 amide bonds. The number of H-pyrrole nitrogens is 1. The van der Waals surface area contributed by atoms with Gasteiger partial charge in [0.15, 0.2) is 0 Å². The summed E-state index contributed by atoms with van der Waals surface area (Å²) in [6.07, 6.45) is 0. The van der Waals surface area contributed by atoms with Crippen LogP contribution in [-0.2, 0) is 0 Å². The van der Waals surface area contributed by atoms with Crippen molar-refractivity contribution in [3.8, 4) is 11.4 Å². The molecule has 0 fully saturated rings. The van der Waals surface area contributed by atoms with E-state index in [0.29, 0.717) is 0 Å². The number of aryl methyl sites for hydroxylation is 3. The first-order valence-corrected chi connectivity index (χ1v) is 6.38. The minimum absolute atomic E-state index is 0.749. The zero-order chi connectivity index (χ0) is 13.6. The molecule has 3 rings (SSSR count). The topological polar surface area (TPSA) is 54.7 Å². The Bertz CT molecular complexity index is 769. The van der Waals surface area contributed by atoms with Crippen LogP contribution in [0.25, 0.3) is 22.4 Å². The lowest BCUT2D eigenvalue weighted by Gasteiger charge is -2.03. The fourth-order valence-corrected chi connectivity index (χ4v) is 2.47. The molecule has 0 radical (unpaired) electrons. The number of benzene rings is 2. The van der Waals surface area contributed by atoms with E-state index >= 15 is 0 Å². The lowest BCUT2D eigenvalue weighted by atomic mass is 10.1. The van der Waals surface area contributed by atoms with Crippen molar-refractivity contribution in [3.63, 3.8) is 0 Å². The highest BCUT2D eigenvalue weighted by molar-refractivity contribution is 5.85. The van der Waals surface area contributed by atoms with E-state index in [0.717, 1.165) is 28.1 Å². The molecule has 96 valence electrons. The third kappa shape index (κ3) is 1.97. The molecule has 1 heterocycles. The van der Waals surface area contributed by atoms with Crippen LogP contribution < -0.4 is 5.73 Å². The normalized spacial score (nSPS) is 11.1. The van der Waals surface area contributed by atoms with E-state index in [9.17, 15) is 0 Å². The Morgan fingerprint density at radius 1 is 1.00 bits per heavy atom. The maximum atomic E-state index is 6.05. The van der Waals surface area contributed by atoms with Crippen molar-refractivity contribution >= 4 is 16.7 Å². The minimum atomic E-state index is 0.749. The van der Waals surface area contributed by atoms with Crippen molar-refractivity contribution in [2.45, 2.75) is 20.8 Å². The third-order valence-electron chi connectivity index (χ3n) is 3.39. The van der Waals surface area contributed by atoms with Crippen LogP contribution in [0.15, 0.2) is 30.3 Å². The van der Waals surface area contributed by atoms with Crippen LogP contribution in [0.4, 0.5) is 5.69 Å². The van der Waals surface area contributed by atoms with E-state index in [2.05, 4.69) is 48.9 Å². The van der Waals surface area contributed by atoms with Gasteiger partial charge in [-0.15, -0.1) is 0 Å². The van der Waals surface area contributed by atoms with Gasteiger partial charge in [-0.1, -0.05) is 17.7 Å². The van der Waals surface area contributed by atoms with Crippen LogP contribution >= 0.6 is 0 Å². The largest absolute Gasteiger partial charge is 0.398 e. The van der Waals surface area contributed by atoms with E-state index in [1.165, 1.54) is 16.7 Å². The van der Waals surface area contributed by atoms with Gasteiger partial charge in [-0.2, -0.15) is 0 Å². The molecule has 0 atom stereocenters. The van der Waals surface area contributed by atoms with E-state index in [1.54, 1.807) is 0 Å². The predicted octanol–water partition coefficient (Wildman–Crippen LogP) is 3.74. The quantitative estimate of drug-likeness (QED) is 0.647. The van der Waals surface area contributed by atoms with Crippen molar-refractivity contribution in [3.05, 3.63) is 47.0 Å². The van der Waals surface area contributed by atoms with Gasteiger partial charge < -0.3 is 10.7 Å². The second-order valence-corrected chi connectivity index (χ2v) is 5.15. The molecule has 1 aromatic heterocycles. The maximum absolute atomic E-state index is 6.05. The number of rotatable bonds is 1. The number of anilines is 1. The number of imidazole rings is 1. The number of aromatic amines is 1. The second-order valence-electron chi connectivity index (χ2n) is 5.15. The van der Waals surface area contributed by atoms with Crippen molar-refractivity contribution in [2.24, 2.45) is 0 Å². The Morgan fingerprint density at radius 3 is 2.58 bits per heavy atom. The summed E-state index contributed by atoms with van der Waals surface area (Å²) in [6.45, 7) is 6.23. The van der Waals surface area contributed by atoms with Gasteiger partial charge >= 0.3 is 0 Å². The van der Waals surface area contributed by atoms with Crippen molar-refractivity contribution in [2.75, 3.05) is 5.73 Å². The fraction of sp³-hybridized carbons (Fsp3) is 0.188. The Kier molecular flexibility index (Phi) is 2.56. The van der Waals surface area contributed by atoms with Crippen molar-refractivity contribution < 1.29 is 0 Å². The molecule has 3 heteroatoms. The van der Waals surface area contributed by atoms with E-state index in [1.807, 2.05) is 12.1 Å². The van der Waals surface area contributed by atoms with E-state index in [4.69, 9.17) is 5.73 Å². The van der Waals surface area contributed by atoms with Gasteiger partial charge in [0.05, 0.1) is 11.0 Å². The molecule has 0 bridgehead atoms. The molecule has 0 saturated carbocycles. The summed E-state index contributed by atoms with van der Waals surface area (Å²) in [5.41, 5.74) is 13.4. The number of nitrogens with two attached hydrogens (primary N) is 1. The average Bonchev–Trinajstić information content (AvgIpc) is 2.76. The highest BCUT2D eigenvalue weighted by Gasteiger charge is 2.10. The Balaban J connectivity index is 2.26. The zero-order valence-corrected chi connectivity index (χ0v) is 11.4. The summed E-state index contributed by atoms with van der Waals surface area (Å²) in [4.78, 5) is 8.06. The van der Waals surface area contributed by atoms with Crippen LogP contribution in [0.1, 0.15) is 16.7 Å². The zero-order valence-electron chi connectivity index (χ0n) is 11.4. The SMILES string of the molecule is Cc1ccc(N)c(-c2nc3c(C)cc(C)cc3[nH]2)c1. The fourth-order valence-electron chi connectivity index (χ4n) is 2.47. The second kappa shape index (κ2) is 4.12. The number of hydrogen-bond donors (Lipinski definition) is 2. The van der Waals surface area contributed by atoms with E-state index in [-0.39, 0.29) is 0 Å². The molecule has 19 heavy (non-hydrogen) atoms. The maximum Gasteiger partial charge on any atom is 0.140 e. The number of nitrogen functional groups attached to an aromatic ring is 1. The van der Waals surface area contributed by atoms with Crippen molar-refractivity contribution in [1.29, 1.82) is 0 Å². The smallest absolute Gasteiger partial charge is 0.140 e. The Labute approximate surface area is 112 Å². The monoisotopic (exact) mass is 251 g/mol. The summed E-state index contributed by atoms with van der Waals surface area (Å²) in [7, 11) is 0. The Morgan fingerprint density at radius 2 is 1.79 bits per heavy atom. The van der Waals surface area contributed by atoms with Gasteiger partial charge in [0.2, 0.25) is 0 Å². The standard InChI is InChI=1S/C16H17N3/c1-9-4-5-13(17)12(7-9)16-18-14-8-10(2)6-11(3)15(14)19-16/h4-8H,17H2,1-3H3,(H,18,19). The molecule has 0 unspecified atom stereocenters. The highest BCUT2D eigenvalue weighted by atomic mass is 14.9. The molecule has 3 N–H and O–H groups in total. The minimum Gasteiger partial charge on any atom is -0.398 e. The van der Waals surface area contributed by atoms with Crippen molar-refractivity contribution in [1.82, 2.24) is 9.97 Å². The molecule has 2 aromatic carbocycles. The summed E-state index contributed by atoms with van der Waals surface area (Å²) < 4.78 is 0. The first-order chi connectivity index (χ1) is 9.04. The molecular weight excluding hydrogens is 234 g/mol. The summed E-state index contributed by atoms with van der Waals surface area (Å²) >= 11 is 0. The van der Waals surface area contributed by atoms with E-state index < -0.39 is 0 Å². The number of fused-ring (bicyclic) bond motifs is 1. The van der Waals surface area contributed by atoms with Crippen LogP contribution in [0.5, 0.6) is 0 Å². The van der Waals surface area contributed by atoms with Gasteiger partial charge in [0.1, 0.15) is 5.82 Å². The molecule has 0 aliphatic rings. The Hall–Kier alpha value is -2.29. The molecule has 3 nitrogen and oxygen atoms in total. The number of hydrogen-bond acceptors (Lipinski definition) is 2. The number of nitrogens with zero attached hydrogens (tertiary/aromatic N) is 1. The van der Waals surface area contributed by atoms with Crippen LogP contribution in [0.3, 0.4) is 0 Å². The molecule has 3 aromatic rings. The summed E-state index contributed by atoms with van der Waals surface area (Å²) in [5, 5.41) is 0. The number of aromatic nitrogens is 2. The summed E-state index contributed by atoms with van der Waals surface area (Å²) in [6, 6.07) is 10.3.